The van der Waals surface area contributed by atoms with Gasteiger partial charge in [-0.3, -0.25) is 4.90 Å². The van der Waals surface area contributed by atoms with Gasteiger partial charge in [-0.2, -0.15) is 0 Å². The summed E-state index contributed by atoms with van der Waals surface area (Å²) in [6, 6.07) is 11.4. The topological polar surface area (TPSA) is 40.4 Å². The Hall–Kier alpha value is -1.56. The van der Waals surface area contributed by atoms with Crippen molar-refractivity contribution in [3.05, 3.63) is 53.4 Å². The Morgan fingerprint density at radius 1 is 1.29 bits per heavy atom. The molecule has 6 heteroatoms. The van der Waals surface area contributed by atoms with Crippen LogP contribution in [0.5, 0.6) is 0 Å². The van der Waals surface area contributed by atoms with Crippen LogP contribution in [0, 0.1) is 0 Å². The highest BCUT2D eigenvalue weighted by Gasteiger charge is 2.17. The summed E-state index contributed by atoms with van der Waals surface area (Å²) < 4.78 is 5.46. The zero-order valence-electron chi connectivity index (χ0n) is 12.0. The zero-order valence-corrected chi connectivity index (χ0v) is 13.5. The predicted molar refractivity (Wildman–Crippen MR) is 90.8 cm³/mol. The highest BCUT2D eigenvalue weighted by Crippen LogP contribution is 2.21. The van der Waals surface area contributed by atoms with Gasteiger partial charge in [0.15, 0.2) is 5.11 Å². The first-order valence-electron chi connectivity index (χ1n) is 6.57. The molecule has 112 valence electrons. The molecule has 0 saturated heterocycles. The van der Waals surface area contributed by atoms with Crippen molar-refractivity contribution in [1.29, 1.82) is 0 Å². The van der Waals surface area contributed by atoms with Crippen LogP contribution in [-0.4, -0.2) is 30.7 Å². The van der Waals surface area contributed by atoms with Crippen molar-refractivity contribution in [1.82, 2.24) is 10.2 Å². The fourth-order valence-electron chi connectivity index (χ4n) is 1.94. The van der Waals surface area contributed by atoms with Gasteiger partial charge in [-0.15, -0.1) is 0 Å². The first kappa shape index (κ1) is 15.8. The van der Waals surface area contributed by atoms with Crippen molar-refractivity contribution in [2.75, 3.05) is 26.0 Å². The monoisotopic (exact) mass is 323 g/mol. The molecular weight excluding hydrogens is 306 g/mol. The number of likely N-dealkylation sites (N-methyl/N-ethyl adjacent to an activating group) is 1. The third-order valence-electron chi connectivity index (χ3n) is 3.07. The van der Waals surface area contributed by atoms with E-state index < -0.39 is 0 Å². The molecule has 1 atom stereocenters. The van der Waals surface area contributed by atoms with Crippen LogP contribution in [0.3, 0.4) is 0 Å². The number of furan rings is 1. The molecule has 2 rings (SSSR count). The van der Waals surface area contributed by atoms with E-state index in [2.05, 4.69) is 15.5 Å². The van der Waals surface area contributed by atoms with E-state index in [4.69, 9.17) is 28.2 Å². The fraction of sp³-hybridized carbons (Fsp3) is 0.267. The van der Waals surface area contributed by atoms with Gasteiger partial charge in [0.25, 0.3) is 0 Å². The minimum Gasteiger partial charge on any atom is -0.468 e. The highest BCUT2D eigenvalue weighted by atomic mass is 35.5. The van der Waals surface area contributed by atoms with E-state index in [1.807, 2.05) is 50.5 Å². The summed E-state index contributed by atoms with van der Waals surface area (Å²) in [5.41, 5.74) is 0.788. The van der Waals surface area contributed by atoms with Gasteiger partial charge in [-0.25, -0.2) is 0 Å². The first-order chi connectivity index (χ1) is 10.1. The number of nitrogens with one attached hydrogen (secondary N) is 2. The Morgan fingerprint density at radius 3 is 2.67 bits per heavy atom. The van der Waals surface area contributed by atoms with Gasteiger partial charge in [-0.05, 0) is 50.6 Å². The third kappa shape index (κ3) is 4.46. The molecule has 0 aliphatic carbocycles. The van der Waals surface area contributed by atoms with Crippen molar-refractivity contribution < 1.29 is 4.42 Å². The number of rotatable bonds is 5. The summed E-state index contributed by atoms with van der Waals surface area (Å²) in [4.78, 5) is 2.07. The van der Waals surface area contributed by atoms with Crippen LogP contribution < -0.4 is 10.6 Å². The lowest BCUT2D eigenvalue weighted by Gasteiger charge is -2.23. The Morgan fingerprint density at radius 2 is 2.05 bits per heavy atom. The van der Waals surface area contributed by atoms with Crippen molar-refractivity contribution in [2.45, 2.75) is 6.04 Å². The number of halogens is 1. The molecule has 2 aromatic rings. The van der Waals surface area contributed by atoms with Crippen LogP contribution in [0.15, 0.2) is 47.1 Å². The molecule has 1 aromatic heterocycles. The number of hydrogen-bond donors (Lipinski definition) is 2. The summed E-state index contributed by atoms with van der Waals surface area (Å²) >= 11 is 11.4. The molecule has 0 spiro atoms. The number of anilines is 1. The van der Waals surface area contributed by atoms with E-state index in [0.29, 0.717) is 16.7 Å². The second-order valence-electron chi connectivity index (χ2n) is 4.81. The van der Waals surface area contributed by atoms with Crippen LogP contribution >= 0.6 is 23.8 Å². The zero-order chi connectivity index (χ0) is 15.2. The lowest BCUT2D eigenvalue weighted by molar-refractivity contribution is 0.259. The molecule has 0 fully saturated rings. The van der Waals surface area contributed by atoms with Gasteiger partial charge in [-0.1, -0.05) is 23.7 Å². The maximum absolute atomic E-state index is 6.09. The highest BCUT2D eigenvalue weighted by molar-refractivity contribution is 7.80. The summed E-state index contributed by atoms with van der Waals surface area (Å²) in [7, 11) is 4.00. The average Bonchev–Trinajstić information content (AvgIpc) is 2.95. The number of thiocarbonyl (C=S) groups is 1. The van der Waals surface area contributed by atoms with Crippen molar-refractivity contribution >= 4 is 34.6 Å². The largest absolute Gasteiger partial charge is 0.468 e. The smallest absolute Gasteiger partial charge is 0.170 e. The molecule has 1 aromatic carbocycles. The molecule has 0 radical (unpaired) electrons. The Bertz CT molecular complexity index is 586. The van der Waals surface area contributed by atoms with Gasteiger partial charge in [0.05, 0.1) is 23.0 Å². The number of nitrogens with zero attached hydrogens (tertiary/aromatic N) is 1. The summed E-state index contributed by atoms with van der Waals surface area (Å²) in [5, 5.41) is 7.44. The average molecular weight is 324 g/mol. The third-order valence-corrected chi connectivity index (χ3v) is 3.65. The summed E-state index contributed by atoms with van der Waals surface area (Å²) in [6.45, 7) is 0.636. The maximum Gasteiger partial charge on any atom is 0.170 e. The van der Waals surface area contributed by atoms with E-state index >= 15 is 0 Å². The van der Waals surface area contributed by atoms with E-state index in [9.17, 15) is 0 Å². The SMILES string of the molecule is CN(C)[C@H](CNC(=S)Nc1ccccc1Cl)c1ccco1. The molecular formula is C15H18ClN3OS. The number of para-hydroxylation sites is 1. The Kier molecular flexibility index (Phi) is 5.61. The van der Waals surface area contributed by atoms with Crippen molar-refractivity contribution in [3.63, 3.8) is 0 Å². The molecule has 21 heavy (non-hydrogen) atoms. The normalized spacial score (nSPS) is 12.2. The van der Waals surface area contributed by atoms with E-state index in [0.717, 1.165) is 11.4 Å². The maximum atomic E-state index is 6.09. The predicted octanol–water partition coefficient (Wildman–Crippen LogP) is 3.52. The van der Waals surface area contributed by atoms with E-state index in [-0.39, 0.29) is 6.04 Å². The Balaban J connectivity index is 1.92. The molecule has 0 unspecified atom stereocenters. The van der Waals surface area contributed by atoms with Gasteiger partial charge >= 0.3 is 0 Å². The molecule has 1 heterocycles. The lowest BCUT2D eigenvalue weighted by Crippen LogP contribution is -2.36. The minimum absolute atomic E-state index is 0.103. The van der Waals surface area contributed by atoms with Crippen LogP contribution in [0.4, 0.5) is 5.69 Å². The van der Waals surface area contributed by atoms with E-state index in [1.54, 1.807) is 6.26 Å². The quantitative estimate of drug-likeness (QED) is 0.824. The van der Waals surface area contributed by atoms with Crippen molar-refractivity contribution in [3.8, 4) is 0 Å². The van der Waals surface area contributed by atoms with Gasteiger partial charge in [0, 0.05) is 6.54 Å². The summed E-state index contributed by atoms with van der Waals surface area (Å²) in [5.74, 6) is 0.896. The second-order valence-corrected chi connectivity index (χ2v) is 5.63. The van der Waals surface area contributed by atoms with Gasteiger partial charge in [0.1, 0.15) is 5.76 Å². The number of hydrogen-bond acceptors (Lipinski definition) is 3. The molecule has 0 bridgehead atoms. The fourth-order valence-corrected chi connectivity index (χ4v) is 2.31. The van der Waals surface area contributed by atoms with Crippen LogP contribution in [0.1, 0.15) is 11.8 Å². The molecule has 2 N–H and O–H groups in total. The van der Waals surface area contributed by atoms with Gasteiger partial charge in [0.2, 0.25) is 0 Å². The van der Waals surface area contributed by atoms with Crippen LogP contribution in [0.2, 0.25) is 5.02 Å². The number of benzene rings is 1. The first-order valence-corrected chi connectivity index (χ1v) is 7.35. The molecule has 0 aliphatic heterocycles. The molecule has 0 aliphatic rings. The Labute approximate surface area is 135 Å². The van der Waals surface area contributed by atoms with E-state index in [1.165, 1.54) is 0 Å². The lowest BCUT2D eigenvalue weighted by atomic mass is 10.2. The summed E-state index contributed by atoms with van der Waals surface area (Å²) in [6.07, 6.45) is 1.67. The molecule has 4 nitrogen and oxygen atoms in total. The molecule has 0 amide bonds. The second kappa shape index (κ2) is 7.45. The van der Waals surface area contributed by atoms with Crippen LogP contribution in [-0.2, 0) is 0 Å². The van der Waals surface area contributed by atoms with Crippen LogP contribution in [0.25, 0.3) is 0 Å². The van der Waals surface area contributed by atoms with Crippen molar-refractivity contribution in [2.24, 2.45) is 0 Å². The minimum atomic E-state index is 0.103. The standard InChI is InChI=1S/C15H18ClN3OS/c1-19(2)13(14-8-5-9-20-14)10-17-15(21)18-12-7-4-3-6-11(12)16/h3-9,13H,10H2,1-2H3,(H2,17,18,21)/t13-/m1/s1. The van der Waals surface area contributed by atoms with Gasteiger partial charge < -0.3 is 15.1 Å². The molecule has 0 saturated carbocycles.